The molecule has 2 atom stereocenters. The lowest BCUT2D eigenvalue weighted by Crippen LogP contribution is -2.24. The number of aryl methyl sites for hydroxylation is 1. The Morgan fingerprint density at radius 1 is 1.12 bits per heavy atom. The first kappa shape index (κ1) is 24.3. The minimum absolute atomic E-state index is 0.137. The van der Waals surface area contributed by atoms with Crippen molar-refractivity contribution in [2.75, 3.05) is 13.7 Å². The first-order valence-electron chi connectivity index (χ1n) is 10.2. The fraction of sp³-hybridized carbons (Fsp3) is 0.333. The number of aliphatic carboxylic acids is 1. The fourth-order valence-corrected chi connectivity index (χ4v) is 3.30. The molecule has 3 aromatic rings. The molecule has 0 saturated carbocycles. The van der Waals surface area contributed by atoms with E-state index in [-0.39, 0.29) is 18.2 Å². The highest BCUT2D eigenvalue weighted by Crippen LogP contribution is 2.32. The summed E-state index contributed by atoms with van der Waals surface area (Å²) in [5.74, 6) is 0.264. The lowest BCUT2D eigenvalue weighted by Gasteiger charge is -2.13. The maximum absolute atomic E-state index is 12.8. The van der Waals surface area contributed by atoms with E-state index >= 15 is 0 Å². The second-order valence-electron chi connectivity index (χ2n) is 7.66. The second kappa shape index (κ2) is 10.1. The molecule has 0 bridgehead atoms. The van der Waals surface area contributed by atoms with E-state index in [1.165, 1.54) is 19.2 Å². The number of nitrogens with zero attached hydrogens (tertiary/aromatic N) is 1. The highest BCUT2D eigenvalue weighted by molar-refractivity contribution is 5.72. The number of rotatable bonds is 9. The molecule has 3 rings (SSSR count). The van der Waals surface area contributed by atoms with Gasteiger partial charge in [-0.3, -0.25) is 0 Å². The Bertz CT molecular complexity index is 1070. The van der Waals surface area contributed by atoms with Crippen molar-refractivity contribution in [1.29, 1.82) is 0 Å². The quantitative estimate of drug-likeness (QED) is 0.452. The molecule has 0 aliphatic carbocycles. The third-order valence-corrected chi connectivity index (χ3v) is 5.16. The third-order valence-electron chi connectivity index (χ3n) is 5.16. The molecule has 1 aromatic heterocycles. The van der Waals surface area contributed by atoms with Crippen molar-refractivity contribution in [3.8, 4) is 17.2 Å². The zero-order valence-corrected chi connectivity index (χ0v) is 18.3. The Balaban J connectivity index is 1.62. The van der Waals surface area contributed by atoms with Gasteiger partial charge in [0.2, 0.25) is 5.89 Å². The van der Waals surface area contributed by atoms with Gasteiger partial charge >= 0.3 is 12.1 Å². The van der Waals surface area contributed by atoms with Gasteiger partial charge in [-0.15, -0.1) is 0 Å². The predicted molar refractivity (Wildman–Crippen MR) is 114 cm³/mol. The van der Waals surface area contributed by atoms with Gasteiger partial charge in [0.15, 0.2) is 6.10 Å². The first-order chi connectivity index (χ1) is 15.6. The SMILES string of the molecule is CO[C@@H](Cc1ccc(OC[C@@H](C)c2nc(-c3ccc(C(F)(F)F)cc3)oc2C)cc1)C(=O)O. The molecule has 0 aliphatic rings. The van der Waals surface area contributed by atoms with Crippen LogP contribution < -0.4 is 4.74 Å². The molecule has 0 radical (unpaired) electrons. The molecule has 0 fully saturated rings. The van der Waals surface area contributed by atoms with Crippen molar-refractivity contribution < 1.29 is 37.0 Å². The molecule has 176 valence electrons. The minimum Gasteiger partial charge on any atom is -0.493 e. The van der Waals surface area contributed by atoms with Crippen LogP contribution in [0.4, 0.5) is 13.2 Å². The van der Waals surface area contributed by atoms with Crippen molar-refractivity contribution in [1.82, 2.24) is 4.98 Å². The number of alkyl halides is 3. The largest absolute Gasteiger partial charge is 0.493 e. The van der Waals surface area contributed by atoms with Crippen LogP contribution in [-0.2, 0) is 22.1 Å². The van der Waals surface area contributed by atoms with E-state index in [9.17, 15) is 18.0 Å². The van der Waals surface area contributed by atoms with Crippen molar-refractivity contribution in [3.05, 3.63) is 71.1 Å². The number of benzene rings is 2. The molecule has 0 saturated heterocycles. The number of hydrogen-bond donors (Lipinski definition) is 1. The molecule has 0 amide bonds. The van der Waals surface area contributed by atoms with Crippen LogP contribution >= 0.6 is 0 Å². The predicted octanol–water partition coefficient (Wildman–Crippen LogP) is 5.49. The maximum Gasteiger partial charge on any atom is 0.416 e. The van der Waals surface area contributed by atoms with Gasteiger partial charge in [-0.1, -0.05) is 19.1 Å². The van der Waals surface area contributed by atoms with E-state index in [4.69, 9.17) is 19.0 Å². The maximum atomic E-state index is 12.8. The molecule has 2 aromatic carbocycles. The lowest BCUT2D eigenvalue weighted by molar-refractivity contribution is -0.148. The average molecular weight is 463 g/mol. The highest BCUT2D eigenvalue weighted by Gasteiger charge is 2.30. The topological polar surface area (TPSA) is 81.8 Å². The summed E-state index contributed by atoms with van der Waals surface area (Å²) in [7, 11) is 1.35. The minimum atomic E-state index is -4.40. The Kier molecular flexibility index (Phi) is 7.43. The summed E-state index contributed by atoms with van der Waals surface area (Å²) in [5.41, 5.74) is 1.18. The van der Waals surface area contributed by atoms with Gasteiger partial charge in [0, 0.05) is 25.0 Å². The number of hydrogen-bond acceptors (Lipinski definition) is 5. The fourth-order valence-electron chi connectivity index (χ4n) is 3.30. The molecule has 1 N–H and O–H groups in total. The number of halogens is 3. The molecule has 0 aliphatic heterocycles. The highest BCUT2D eigenvalue weighted by atomic mass is 19.4. The van der Waals surface area contributed by atoms with Crippen LogP contribution in [0.3, 0.4) is 0 Å². The van der Waals surface area contributed by atoms with Gasteiger partial charge in [0.05, 0.1) is 17.9 Å². The monoisotopic (exact) mass is 463 g/mol. The number of carboxylic acid groups (broad SMARTS) is 1. The van der Waals surface area contributed by atoms with Crippen LogP contribution in [0.1, 0.15) is 35.4 Å². The van der Waals surface area contributed by atoms with Gasteiger partial charge in [-0.25, -0.2) is 9.78 Å². The van der Waals surface area contributed by atoms with Crippen LogP contribution in [0, 0.1) is 6.92 Å². The smallest absolute Gasteiger partial charge is 0.416 e. The first-order valence-corrected chi connectivity index (χ1v) is 10.2. The van der Waals surface area contributed by atoms with Crippen LogP contribution in [0.5, 0.6) is 5.75 Å². The Morgan fingerprint density at radius 3 is 2.30 bits per heavy atom. The summed E-state index contributed by atoms with van der Waals surface area (Å²) in [6, 6.07) is 11.7. The van der Waals surface area contributed by atoms with Crippen LogP contribution in [-0.4, -0.2) is 35.9 Å². The van der Waals surface area contributed by atoms with E-state index in [0.717, 1.165) is 17.7 Å². The molecule has 0 unspecified atom stereocenters. The normalized spacial score (nSPS) is 13.5. The molecule has 9 heteroatoms. The van der Waals surface area contributed by atoms with Gasteiger partial charge in [0.1, 0.15) is 11.5 Å². The van der Waals surface area contributed by atoms with Crippen molar-refractivity contribution in [2.24, 2.45) is 0 Å². The molecule has 1 heterocycles. The molecular formula is C24H24F3NO5. The molecule has 33 heavy (non-hydrogen) atoms. The van der Waals surface area contributed by atoms with Crippen LogP contribution in [0.25, 0.3) is 11.5 Å². The van der Waals surface area contributed by atoms with Gasteiger partial charge in [-0.05, 0) is 48.9 Å². The third kappa shape index (κ3) is 6.13. The molecule has 0 spiro atoms. The van der Waals surface area contributed by atoms with Crippen LogP contribution in [0.2, 0.25) is 0 Å². The number of ether oxygens (including phenoxy) is 2. The standard InChI is InChI=1S/C24H24F3NO5/c1-14(13-32-19-10-4-16(5-11-19)12-20(31-3)23(29)30)21-15(2)33-22(28-21)17-6-8-18(9-7-17)24(25,26)27/h4-11,14,20H,12-13H2,1-3H3,(H,29,30)/t14-,20+/m1/s1. The summed E-state index contributed by atoms with van der Waals surface area (Å²) in [6.45, 7) is 3.96. The van der Waals surface area contributed by atoms with Gasteiger partial charge in [0.25, 0.3) is 0 Å². The van der Waals surface area contributed by atoms with Crippen molar-refractivity contribution in [3.63, 3.8) is 0 Å². The second-order valence-corrected chi connectivity index (χ2v) is 7.66. The summed E-state index contributed by atoms with van der Waals surface area (Å²) in [6.07, 6.45) is -5.07. The van der Waals surface area contributed by atoms with E-state index in [1.54, 1.807) is 31.2 Å². The molecule has 6 nitrogen and oxygen atoms in total. The average Bonchev–Trinajstić information content (AvgIpc) is 3.17. The summed E-state index contributed by atoms with van der Waals surface area (Å²) >= 11 is 0. The number of aromatic nitrogens is 1. The van der Waals surface area contributed by atoms with Crippen molar-refractivity contribution >= 4 is 5.97 Å². The van der Waals surface area contributed by atoms with Gasteiger partial charge in [-0.2, -0.15) is 13.2 Å². The van der Waals surface area contributed by atoms with E-state index in [2.05, 4.69) is 4.98 Å². The number of carboxylic acids is 1. The number of oxazole rings is 1. The number of methoxy groups -OCH3 is 1. The lowest BCUT2D eigenvalue weighted by atomic mass is 10.1. The zero-order chi connectivity index (χ0) is 24.2. The Labute approximate surface area is 189 Å². The molecular weight excluding hydrogens is 439 g/mol. The van der Waals surface area contributed by atoms with E-state index in [1.807, 2.05) is 6.92 Å². The van der Waals surface area contributed by atoms with E-state index in [0.29, 0.717) is 29.4 Å². The summed E-state index contributed by atoms with van der Waals surface area (Å²) < 4.78 is 54.7. The van der Waals surface area contributed by atoms with Crippen LogP contribution in [0.15, 0.2) is 52.9 Å². The van der Waals surface area contributed by atoms with Gasteiger partial charge < -0.3 is 19.0 Å². The number of carbonyl (C=O) groups is 1. The summed E-state index contributed by atoms with van der Waals surface area (Å²) in [4.78, 5) is 15.5. The Hall–Kier alpha value is -3.33. The van der Waals surface area contributed by atoms with Crippen molar-refractivity contribution in [2.45, 2.75) is 38.5 Å². The Morgan fingerprint density at radius 2 is 1.76 bits per heavy atom. The summed E-state index contributed by atoms with van der Waals surface area (Å²) in [5, 5.41) is 9.08. The zero-order valence-electron chi connectivity index (χ0n) is 18.3. The van der Waals surface area contributed by atoms with E-state index < -0.39 is 23.8 Å².